The maximum absolute atomic E-state index is 13.2. The van der Waals surface area contributed by atoms with Crippen molar-refractivity contribution >= 4 is 39.0 Å². The SMILES string of the molecule is O=C(Nc1ccc(S(=O)(=O)N2CCOCC2)cc1)/C(=C\c1cccc([N+](=O)[O-])c1)c1ccccc1. The van der Waals surface area contributed by atoms with Gasteiger partial charge in [-0.15, -0.1) is 0 Å². The highest BCUT2D eigenvalue weighted by molar-refractivity contribution is 7.89. The molecule has 180 valence electrons. The Bertz CT molecular complexity index is 1350. The number of nitro groups is 1. The second-order valence-corrected chi connectivity index (χ2v) is 9.71. The van der Waals surface area contributed by atoms with E-state index in [-0.39, 0.29) is 10.6 Å². The first-order valence-electron chi connectivity index (χ1n) is 10.9. The molecule has 1 amide bonds. The number of sulfonamides is 1. The summed E-state index contributed by atoms with van der Waals surface area (Å²) in [4.78, 5) is 24.0. The van der Waals surface area contributed by atoms with E-state index in [1.54, 1.807) is 42.5 Å². The lowest BCUT2D eigenvalue weighted by atomic mass is 10.0. The highest BCUT2D eigenvalue weighted by Crippen LogP contribution is 2.24. The van der Waals surface area contributed by atoms with Gasteiger partial charge in [0, 0.05) is 36.5 Å². The Morgan fingerprint density at radius 1 is 0.971 bits per heavy atom. The minimum atomic E-state index is -3.64. The number of carbonyl (C=O) groups excluding carboxylic acids is 1. The molecule has 0 saturated carbocycles. The Hall–Kier alpha value is -3.86. The van der Waals surface area contributed by atoms with Crippen molar-refractivity contribution in [2.75, 3.05) is 31.6 Å². The number of nitrogens with one attached hydrogen (secondary N) is 1. The summed E-state index contributed by atoms with van der Waals surface area (Å²) in [6, 6.07) is 20.9. The minimum Gasteiger partial charge on any atom is -0.379 e. The third kappa shape index (κ3) is 5.80. The average Bonchev–Trinajstić information content (AvgIpc) is 2.88. The predicted molar refractivity (Wildman–Crippen MR) is 132 cm³/mol. The Morgan fingerprint density at radius 3 is 2.31 bits per heavy atom. The van der Waals surface area contributed by atoms with Gasteiger partial charge in [0.2, 0.25) is 10.0 Å². The summed E-state index contributed by atoms with van der Waals surface area (Å²) >= 11 is 0. The summed E-state index contributed by atoms with van der Waals surface area (Å²) in [7, 11) is -3.64. The van der Waals surface area contributed by atoms with Crippen LogP contribution >= 0.6 is 0 Å². The average molecular weight is 494 g/mol. The molecule has 0 radical (unpaired) electrons. The van der Waals surface area contributed by atoms with Crippen molar-refractivity contribution in [2.24, 2.45) is 0 Å². The molecule has 4 rings (SSSR count). The number of benzene rings is 3. The van der Waals surface area contributed by atoms with E-state index in [1.165, 1.54) is 40.7 Å². The van der Waals surface area contributed by atoms with Crippen LogP contribution in [0.25, 0.3) is 11.6 Å². The van der Waals surface area contributed by atoms with Crippen LogP contribution in [-0.4, -0.2) is 49.9 Å². The van der Waals surface area contributed by atoms with Gasteiger partial charge >= 0.3 is 0 Å². The van der Waals surface area contributed by atoms with Crippen molar-refractivity contribution in [1.82, 2.24) is 4.31 Å². The highest BCUT2D eigenvalue weighted by Gasteiger charge is 2.26. The standard InChI is InChI=1S/C25H23N3O6S/c29-25(26-21-9-11-23(12-10-21)35(32,33)27-13-15-34-16-14-27)24(20-6-2-1-3-7-20)18-19-5-4-8-22(17-19)28(30)31/h1-12,17-18H,13-16H2,(H,26,29)/b24-18-. The van der Waals surface area contributed by atoms with Crippen LogP contribution in [0.2, 0.25) is 0 Å². The van der Waals surface area contributed by atoms with E-state index < -0.39 is 20.9 Å². The molecule has 3 aromatic rings. The molecule has 3 aromatic carbocycles. The molecule has 0 aromatic heterocycles. The van der Waals surface area contributed by atoms with E-state index in [0.29, 0.717) is 48.7 Å². The molecule has 35 heavy (non-hydrogen) atoms. The number of hydrogen-bond acceptors (Lipinski definition) is 6. The second-order valence-electron chi connectivity index (χ2n) is 7.77. The fourth-order valence-corrected chi connectivity index (χ4v) is 5.05. The van der Waals surface area contributed by atoms with E-state index in [1.807, 2.05) is 6.07 Å². The van der Waals surface area contributed by atoms with E-state index in [4.69, 9.17) is 4.74 Å². The topological polar surface area (TPSA) is 119 Å². The lowest BCUT2D eigenvalue weighted by Gasteiger charge is -2.26. The van der Waals surface area contributed by atoms with E-state index in [9.17, 15) is 23.3 Å². The zero-order chi connectivity index (χ0) is 24.8. The van der Waals surface area contributed by atoms with Crippen molar-refractivity contribution in [1.29, 1.82) is 0 Å². The third-order valence-corrected chi connectivity index (χ3v) is 7.35. The van der Waals surface area contributed by atoms with Crippen LogP contribution in [0.15, 0.2) is 83.8 Å². The van der Waals surface area contributed by atoms with Gasteiger partial charge in [0.15, 0.2) is 0 Å². The molecule has 0 atom stereocenters. The summed E-state index contributed by atoms with van der Waals surface area (Å²) in [5.41, 5.74) is 1.76. The molecule has 1 heterocycles. The Morgan fingerprint density at radius 2 is 1.66 bits per heavy atom. The van der Waals surface area contributed by atoms with Gasteiger partial charge < -0.3 is 10.1 Å². The van der Waals surface area contributed by atoms with Crippen LogP contribution in [0.5, 0.6) is 0 Å². The molecule has 0 aliphatic carbocycles. The van der Waals surface area contributed by atoms with Gasteiger partial charge in [0.25, 0.3) is 11.6 Å². The zero-order valence-corrected chi connectivity index (χ0v) is 19.5. The number of non-ortho nitro benzene ring substituents is 1. The first kappa shape index (κ1) is 24.3. The fourth-order valence-electron chi connectivity index (χ4n) is 3.64. The molecule has 10 heteroatoms. The van der Waals surface area contributed by atoms with Crippen LogP contribution in [0, 0.1) is 10.1 Å². The maximum Gasteiger partial charge on any atom is 0.270 e. The number of amides is 1. The Balaban J connectivity index is 1.59. The monoisotopic (exact) mass is 493 g/mol. The molecular weight excluding hydrogens is 470 g/mol. The van der Waals surface area contributed by atoms with Crippen molar-refractivity contribution in [3.63, 3.8) is 0 Å². The van der Waals surface area contributed by atoms with Gasteiger partial charge in [-0.3, -0.25) is 14.9 Å². The minimum absolute atomic E-state index is 0.0800. The molecule has 0 unspecified atom stereocenters. The number of carbonyl (C=O) groups is 1. The van der Waals surface area contributed by atoms with Gasteiger partial charge in [0.1, 0.15) is 0 Å². The molecule has 1 aliphatic rings. The number of ether oxygens (including phenoxy) is 1. The first-order chi connectivity index (χ1) is 16.8. The molecule has 9 nitrogen and oxygen atoms in total. The molecule has 1 N–H and O–H groups in total. The number of nitro benzene ring substituents is 1. The Labute approximate surface area is 202 Å². The summed E-state index contributed by atoms with van der Waals surface area (Å²) < 4.78 is 32.2. The number of hydrogen-bond donors (Lipinski definition) is 1. The van der Waals surface area contributed by atoms with Crippen molar-refractivity contribution in [2.45, 2.75) is 4.90 Å². The summed E-state index contributed by atoms with van der Waals surface area (Å²) in [5, 5.41) is 13.9. The Kier molecular flexibility index (Phi) is 7.35. The van der Waals surface area contributed by atoms with Gasteiger partial charge in [0.05, 0.1) is 23.0 Å². The lowest BCUT2D eigenvalue weighted by molar-refractivity contribution is -0.384. The van der Waals surface area contributed by atoms with E-state index in [2.05, 4.69) is 5.32 Å². The fraction of sp³-hybridized carbons (Fsp3) is 0.160. The normalized spacial score (nSPS) is 14.9. The van der Waals surface area contributed by atoms with Crippen molar-refractivity contribution in [3.05, 3.63) is 100 Å². The van der Waals surface area contributed by atoms with Crippen LogP contribution < -0.4 is 5.32 Å². The largest absolute Gasteiger partial charge is 0.379 e. The summed E-state index contributed by atoms with van der Waals surface area (Å²) in [5.74, 6) is -0.438. The number of morpholine rings is 1. The molecule has 0 spiro atoms. The molecule has 1 aliphatic heterocycles. The van der Waals surface area contributed by atoms with E-state index in [0.717, 1.165) is 0 Å². The second kappa shape index (κ2) is 10.6. The molecule has 1 saturated heterocycles. The molecule has 1 fully saturated rings. The van der Waals surface area contributed by atoms with Gasteiger partial charge in [-0.25, -0.2) is 8.42 Å². The zero-order valence-electron chi connectivity index (χ0n) is 18.7. The number of anilines is 1. The highest BCUT2D eigenvalue weighted by atomic mass is 32.2. The van der Waals surface area contributed by atoms with Gasteiger partial charge in [-0.2, -0.15) is 4.31 Å². The smallest absolute Gasteiger partial charge is 0.270 e. The first-order valence-corrected chi connectivity index (χ1v) is 12.3. The van der Waals surface area contributed by atoms with Gasteiger partial charge in [-0.05, 0) is 41.5 Å². The van der Waals surface area contributed by atoms with Crippen LogP contribution in [-0.2, 0) is 19.6 Å². The number of rotatable bonds is 7. The number of nitrogens with zero attached hydrogens (tertiary/aromatic N) is 2. The van der Waals surface area contributed by atoms with Crippen LogP contribution in [0.3, 0.4) is 0 Å². The molecule has 0 bridgehead atoms. The van der Waals surface area contributed by atoms with Crippen molar-refractivity contribution < 1.29 is 22.9 Å². The quantitative estimate of drug-likeness (QED) is 0.231. The lowest BCUT2D eigenvalue weighted by Crippen LogP contribution is -2.40. The van der Waals surface area contributed by atoms with Crippen LogP contribution in [0.1, 0.15) is 11.1 Å². The summed E-state index contributed by atoms with van der Waals surface area (Å²) in [6.07, 6.45) is 1.58. The van der Waals surface area contributed by atoms with Crippen LogP contribution in [0.4, 0.5) is 11.4 Å². The maximum atomic E-state index is 13.2. The molecular formula is C25H23N3O6S. The summed E-state index contributed by atoms with van der Waals surface area (Å²) in [6.45, 7) is 1.30. The predicted octanol–water partition coefficient (Wildman–Crippen LogP) is 3.80. The third-order valence-electron chi connectivity index (χ3n) is 5.44. The van der Waals surface area contributed by atoms with E-state index >= 15 is 0 Å². The van der Waals surface area contributed by atoms with Crippen molar-refractivity contribution in [3.8, 4) is 0 Å². The van der Waals surface area contributed by atoms with Gasteiger partial charge in [-0.1, -0.05) is 42.5 Å².